The second kappa shape index (κ2) is 8.25. The Morgan fingerprint density at radius 3 is 2.63 bits per heavy atom. The summed E-state index contributed by atoms with van der Waals surface area (Å²) in [6.07, 6.45) is 1.53. The molecule has 7 heteroatoms. The van der Waals surface area contributed by atoms with E-state index in [9.17, 15) is 14.4 Å². The highest BCUT2D eigenvalue weighted by Crippen LogP contribution is 2.21. The molecule has 134 valence electrons. The summed E-state index contributed by atoms with van der Waals surface area (Å²) in [7, 11) is 0. The Hall–Kier alpha value is -3.50. The molecule has 0 aliphatic heterocycles. The van der Waals surface area contributed by atoms with Gasteiger partial charge in [0.15, 0.2) is 0 Å². The summed E-state index contributed by atoms with van der Waals surface area (Å²) in [5, 5.41) is 17.6. The van der Waals surface area contributed by atoms with Gasteiger partial charge in [0.05, 0.1) is 11.3 Å². The first-order valence-electron chi connectivity index (χ1n) is 8.02. The van der Waals surface area contributed by atoms with Crippen LogP contribution in [0.5, 0.6) is 0 Å². The van der Waals surface area contributed by atoms with E-state index in [0.717, 1.165) is 5.69 Å². The van der Waals surface area contributed by atoms with Crippen molar-refractivity contribution in [3.8, 4) is 6.07 Å². The van der Waals surface area contributed by atoms with E-state index in [1.54, 1.807) is 24.3 Å². The minimum Gasteiger partial charge on any atom is -0.360 e. The number of hydrogen-bond donors (Lipinski definition) is 2. The molecule has 0 spiro atoms. The van der Waals surface area contributed by atoms with Gasteiger partial charge in [0.25, 0.3) is 5.91 Å². The number of benzene rings is 2. The number of aromatic nitrogens is 1. The molecule has 1 heterocycles. The van der Waals surface area contributed by atoms with E-state index < -0.39 is 0 Å². The maximum absolute atomic E-state index is 13.0. The second-order valence-corrected chi connectivity index (χ2v) is 6.47. The molecule has 27 heavy (non-hydrogen) atoms. The fraction of sp³-hybridized carbons (Fsp3) is 0.0500. The summed E-state index contributed by atoms with van der Waals surface area (Å²) in [6, 6.07) is 14.6. The van der Waals surface area contributed by atoms with E-state index in [2.05, 4.69) is 21.7 Å². The standard InChI is InChI=1S/C20H15FN4OS/c1-13-12-27-20(24-13)14(10-22)11-23-18-5-3-2-4-17(18)19(26)25-16-8-6-15(21)7-9-16/h2-9,11-12,23H,1H3,(H,25,26)/b14-11+. The molecule has 0 bridgehead atoms. The third-order valence-corrected chi connectivity index (χ3v) is 4.61. The minimum absolute atomic E-state index is 0.346. The molecule has 2 N–H and O–H groups in total. The van der Waals surface area contributed by atoms with E-state index in [-0.39, 0.29) is 11.7 Å². The maximum atomic E-state index is 13.0. The van der Waals surface area contributed by atoms with Crippen LogP contribution in [-0.4, -0.2) is 10.9 Å². The number of amides is 1. The lowest BCUT2D eigenvalue weighted by molar-refractivity contribution is 0.102. The second-order valence-electron chi connectivity index (χ2n) is 5.61. The van der Waals surface area contributed by atoms with Gasteiger partial charge in [-0.1, -0.05) is 12.1 Å². The Labute approximate surface area is 159 Å². The van der Waals surface area contributed by atoms with Crippen molar-refractivity contribution in [1.29, 1.82) is 5.26 Å². The summed E-state index contributed by atoms with van der Waals surface area (Å²) < 4.78 is 13.0. The lowest BCUT2D eigenvalue weighted by Gasteiger charge is -2.10. The van der Waals surface area contributed by atoms with E-state index in [1.165, 1.54) is 41.8 Å². The van der Waals surface area contributed by atoms with Gasteiger partial charge in [-0.15, -0.1) is 11.3 Å². The molecule has 0 saturated carbocycles. The van der Waals surface area contributed by atoms with Crippen molar-refractivity contribution in [2.75, 3.05) is 10.6 Å². The van der Waals surface area contributed by atoms with E-state index >= 15 is 0 Å². The Kier molecular flexibility index (Phi) is 5.59. The van der Waals surface area contributed by atoms with Gasteiger partial charge in [0.2, 0.25) is 0 Å². The van der Waals surface area contributed by atoms with E-state index in [1.807, 2.05) is 12.3 Å². The van der Waals surface area contributed by atoms with Crippen LogP contribution in [0.2, 0.25) is 0 Å². The summed E-state index contributed by atoms with van der Waals surface area (Å²) in [6.45, 7) is 1.86. The number of carbonyl (C=O) groups is 1. The zero-order valence-electron chi connectivity index (χ0n) is 14.4. The van der Waals surface area contributed by atoms with Crippen LogP contribution in [0.1, 0.15) is 21.1 Å². The first kappa shape index (κ1) is 18.3. The number of nitriles is 1. The number of halogens is 1. The van der Waals surface area contributed by atoms with E-state index in [4.69, 9.17) is 0 Å². The number of anilines is 2. The van der Waals surface area contributed by atoms with E-state index in [0.29, 0.717) is 27.5 Å². The van der Waals surface area contributed by atoms with Crippen LogP contribution < -0.4 is 10.6 Å². The van der Waals surface area contributed by atoms with Crippen molar-refractivity contribution in [2.24, 2.45) is 0 Å². The molecule has 0 fully saturated rings. The molecule has 1 amide bonds. The van der Waals surface area contributed by atoms with Crippen molar-refractivity contribution in [3.05, 3.63) is 82.2 Å². The molecule has 0 aliphatic carbocycles. The van der Waals surface area contributed by atoms with Crippen molar-refractivity contribution < 1.29 is 9.18 Å². The van der Waals surface area contributed by atoms with Gasteiger partial charge >= 0.3 is 0 Å². The number of nitrogens with one attached hydrogen (secondary N) is 2. The fourth-order valence-electron chi connectivity index (χ4n) is 2.31. The van der Waals surface area contributed by atoms with Crippen LogP contribution in [0.25, 0.3) is 5.57 Å². The summed E-state index contributed by atoms with van der Waals surface area (Å²) in [5.74, 6) is -0.719. The van der Waals surface area contributed by atoms with Gasteiger partial charge in [-0.2, -0.15) is 5.26 Å². The van der Waals surface area contributed by atoms with Crippen LogP contribution in [0.3, 0.4) is 0 Å². The van der Waals surface area contributed by atoms with Crippen molar-refractivity contribution in [3.63, 3.8) is 0 Å². The lowest BCUT2D eigenvalue weighted by Crippen LogP contribution is -2.13. The van der Waals surface area contributed by atoms with Gasteiger partial charge in [-0.25, -0.2) is 9.37 Å². The molecular weight excluding hydrogens is 363 g/mol. The summed E-state index contributed by atoms with van der Waals surface area (Å²) >= 11 is 1.38. The van der Waals surface area contributed by atoms with Gasteiger partial charge in [0, 0.05) is 23.0 Å². The van der Waals surface area contributed by atoms with Crippen LogP contribution in [0, 0.1) is 24.1 Å². The zero-order chi connectivity index (χ0) is 19.2. The molecule has 5 nitrogen and oxygen atoms in total. The highest BCUT2D eigenvalue weighted by molar-refractivity contribution is 7.10. The average molecular weight is 378 g/mol. The Morgan fingerprint density at radius 1 is 1.22 bits per heavy atom. The molecule has 0 saturated heterocycles. The molecule has 0 aliphatic rings. The minimum atomic E-state index is -0.373. The highest BCUT2D eigenvalue weighted by atomic mass is 32.1. The maximum Gasteiger partial charge on any atom is 0.257 e. The van der Waals surface area contributed by atoms with Gasteiger partial charge in [0.1, 0.15) is 22.5 Å². The predicted octanol–water partition coefficient (Wildman–Crippen LogP) is 4.82. The number of carbonyl (C=O) groups excluding carboxylic acids is 1. The number of hydrogen-bond acceptors (Lipinski definition) is 5. The number of nitrogens with zero attached hydrogens (tertiary/aromatic N) is 2. The van der Waals surface area contributed by atoms with Gasteiger partial charge in [-0.05, 0) is 43.3 Å². The number of rotatable bonds is 5. The molecular formula is C20H15FN4OS. The zero-order valence-corrected chi connectivity index (χ0v) is 15.2. The number of allylic oxidation sites excluding steroid dienone is 1. The van der Waals surface area contributed by atoms with Gasteiger partial charge < -0.3 is 10.6 Å². The third kappa shape index (κ3) is 4.57. The molecule has 0 unspecified atom stereocenters. The Morgan fingerprint density at radius 2 is 1.96 bits per heavy atom. The first-order valence-corrected chi connectivity index (χ1v) is 8.90. The summed E-state index contributed by atoms with van der Waals surface area (Å²) in [5.41, 5.74) is 2.64. The molecule has 0 atom stereocenters. The van der Waals surface area contributed by atoms with Crippen LogP contribution in [-0.2, 0) is 0 Å². The quantitative estimate of drug-likeness (QED) is 0.624. The smallest absolute Gasteiger partial charge is 0.257 e. The van der Waals surface area contributed by atoms with Crippen molar-refractivity contribution >= 4 is 34.2 Å². The largest absolute Gasteiger partial charge is 0.360 e. The lowest BCUT2D eigenvalue weighted by atomic mass is 10.1. The molecule has 0 radical (unpaired) electrons. The average Bonchev–Trinajstić information content (AvgIpc) is 3.10. The summed E-state index contributed by atoms with van der Waals surface area (Å²) in [4.78, 5) is 16.9. The number of thiazole rings is 1. The Bertz CT molecular complexity index is 1030. The molecule has 1 aromatic heterocycles. The predicted molar refractivity (Wildman–Crippen MR) is 105 cm³/mol. The molecule has 3 rings (SSSR count). The highest BCUT2D eigenvalue weighted by Gasteiger charge is 2.12. The third-order valence-electron chi connectivity index (χ3n) is 3.62. The molecule has 2 aromatic carbocycles. The van der Waals surface area contributed by atoms with Crippen LogP contribution >= 0.6 is 11.3 Å². The van der Waals surface area contributed by atoms with Gasteiger partial charge in [-0.3, -0.25) is 4.79 Å². The van der Waals surface area contributed by atoms with Crippen molar-refractivity contribution in [1.82, 2.24) is 4.98 Å². The normalized spacial score (nSPS) is 10.9. The Balaban J connectivity index is 1.81. The fourth-order valence-corrected chi connectivity index (χ4v) is 3.07. The van der Waals surface area contributed by atoms with Crippen LogP contribution in [0.15, 0.2) is 60.1 Å². The molecule has 3 aromatic rings. The SMILES string of the molecule is Cc1csc(/C(C#N)=C/Nc2ccccc2C(=O)Nc2ccc(F)cc2)n1. The monoisotopic (exact) mass is 378 g/mol. The number of aryl methyl sites for hydroxylation is 1. The number of para-hydroxylation sites is 1. The van der Waals surface area contributed by atoms with Crippen LogP contribution in [0.4, 0.5) is 15.8 Å². The van der Waals surface area contributed by atoms with Crippen molar-refractivity contribution in [2.45, 2.75) is 6.92 Å². The first-order chi connectivity index (χ1) is 13.1. The topological polar surface area (TPSA) is 77.8 Å².